The number of amides is 8. The summed E-state index contributed by atoms with van der Waals surface area (Å²) in [4.78, 5) is 125. The minimum absolute atomic E-state index is 0.0412. The number of nitro groups is 1. The van der Waals surface area contributed by atoms with Crippen LogP contribution in [0.4, 0.5) is 28.4 Å². The Morgan fingerprint density at radius 2 is 0.500 bits per heavy atom. The number of piperazine rings is 4. The van der Waals surface area contributed by atoms with Crippen LogP contribution in [0.1, 0.15) is 33.4 Å². The molecule has 36 nitrogen and oxygen atoms in total. The summed E-state index contributed by atoms with van der Waals surface area (Å²) in [5.41, 5.74) is 8.87. The minimum atomic E-state index is -1.91. The molecule has 0 aliphatic carbocycles. The number of benzene rings is 12. The van der Waals surface area contributed by atoms with Gasteiger partial charge in [-0.2, -0.15) is 0 Å². The van der Waals surface area contributed by atoms with Gasteiger partial charge in [-0.3, -0.25) is 48.5 Å². The number of hydrogen-bond acceptors (Lipinski definition) is 27. The molecule has 12 aromatic carbocycles. The molecule has 8 atom stereocenters. The van der Waals surface area contributed by atoms with E-state index >= 15 is 0 Å². The third-order valence-electron chi connectivity index (χ3n) is 24.9. The molecule has 0 saturated carbocycles. The maximum absolute atomic E-state index is 12.7. The van der Waals surface area contributed by atoms with Crippen molar-refractivity contribution in [3.8, 4) is 51.7 Å². The Balaban J connectivity index is 0.000000165. The van der Waals surface area contributed by atoms with Gasteiger partial charge in [0.15, 0.2) is 48.8 Å². The van der Waals surface area contributed by atoms with E-state index in [0.29, 0.717) is 156 Å². The number of carbonyl (C=O) groups is 8. The van der Waals surface area contributed by atoms with E-state index in [1.54, 1.807) is 147 Å². The maximum Gasteiger partial charge on any atom is 0.276 e. The summed E-state index contributed by atoms with van der Waals surface area (Å²) >= 11 is 3.38. The number of aliphatic hydroxyl groups excluding tert-OH is 8. The molecule has 4 saturated heterocycles. The fourth-order valence-corrected chi connectivity index (χ4v) is 16.4. The molecule has 0 spiro atoms. The number of ether oxygens (including phenoxy) is 5. The van der Waals surface area contributed by atoms with E-state index in [1.807, 2.05) is 177 Å². The highest BCUT2D eigenvalue weighted by molar-refractivity contribution is 9.10. The van der Waals surface area contributed by atoms with Gasteiger partial charge in [0, 0.05) is 164 Å². The van der Waals surface area contributed by atoms with Gasteiger partial charge in [-0.1, -0.05) is 155 Å². The van der Waals surface area contributed by atoms with Crippen LogP contribution in [0.5, 0.6) is 51.7 Å². The Kier molecular flexibility index (Phi) is 40.2. The smallest absolute Gasteiger partial charge is 0.276 e. The molecule has 16 rings (SSSR count). The average Bonchev–Trinajstić information content (AvgIpc) is 0.838. The summed E-state index contributed by atoms with van der Waals surface area (Å²) in [6.07, 6.45) is -14.8. The number of carbonyl (C=O) groups excluding carboxylic acids is 8. The van der Waals surface area contributed by atoms with E-state index in [9.17, 15) is 89.3 Å². The molecule has 0 unspecified atom stereocenters. The van der Waals surface area contributed by atoms with E-state index < -0.39 is 101 Å². The second kappa shape index (κ2) is 54.4. The Bertz CT molecular complexity index is 6110. The normalized spacial score (nSPS) is 15.1. The molecule has 12 N–H and O–H groups in total. The van der Waals surface area contributed by atoms with Gasteiger partial charge >= 0.3 is 0 Å². The van der Waals surface area contributed by atoms with Crippen LogP contribution in [0.25, 0.3) is 0 Å². The first-order chi connectivity index (χ1) is 71.5. The van der Waals surface area contributed by atoms with Crippen molar-refractivity contribution < 1.29 is 108 Å². The largest absolute Gasteiger partial charge is 0.497 e. The molecule has 774 valence electrons. The monoisotopic (exact) mass is 2080 g/mol. The van der Waals surface area contributed by atoms with E-state index in [4.69, 9.17) is 23.7 Å². The number of para-hydroxylation sites is 4. The predicted molar refractivity (Wildman–Crippen MR) is 559 cm³/mol. The second-order valence-corrected chi connectivity index (χ2v) is 36.1. The minimum Gasteiger partial charge on any atom is -0.497 e. The number of aliphatic hydroxyl groups is 8. The molecule has 4 heterocycles. The maximum atomic E-state index is 12.7. The molecule has 0 bridgehead atoms. The lowest BCUT2D eigenvalue weighted by Gasteiger charge is -2.37. The summed E-state index contributed by atoms with van der Waals surface area (Å²) in [5.74, 6) is -0.469. The molecule has 0 aromatic heterocycles. The molecule has 0 radical (unpaired) electrons. The first-order valence-electron chi connectivity index (χ1n) is 48.2. The number of nitro benzene ring substituents is 1. The lowest BCUT2D eigenvalue weighted by atomic mass is 10.1. The van der Waals surface area contributed by atoms with Gasteiger partial charge in [0.05, 0.1) is 18.1 Å². The topological polar surface area (TPSA) is 462 Å². The highest BCUT2D eigenvalue weighted by Gasteiger charge is 2.40. The van der Waals surface area contributed by atoms with Gasteiger partial charge in [0.1, 0.15) is 51.7 Å². The number of nitrogens with one attached hydrogen (secondary N) is 4. The standard InChI is InChI=1S/C28H30N4O7.C28H31N3O6.C28H31N3O5.C27H28BrN3O5/c1-19-7-10-23(17-24(19)32(37)38)39-22-11-8-20(9-12-22)18-29-27(35)25(33)26(34)28(36)31-15-13-30(14-16-31)21-5-3-2-4-6-21;1-36-22-11-13-24(14-12-22)37-23-9-7-20(8-10-23)19-29-27(34)25(32)26(33)28(35)31-17-15-30(16-18-31)21-5-3-2-4-6-21;1-20-7-11-23(12-8-20)36-24-13-9-21(10-14-24)19-29-27(34)25(32)26(33)28(35)31-17-15-30(16-18-31)22-5-3-2-4-6-22;28-20-8-12-23(13-9-20)36-22-10-6-19(7-11-22)18-29-26(34)24(32)25(33)27(35)31-16-14-30(15-17-31)21-4-2-1-3-5-21/h2-12,17,25-26,33-34H,13-16,18H2,1H3,(H,29,35);2-14,25-26,32-33H,15-19H2,1H3,(H,29,34);2-14,25-26,32-33H,15-19H2,1H3,(H,29,34);1-13,24-25,32-33H,14-18H2,(H,29,34)/t3*25-,26-;24-,25-/m1111/s1. The molecule has 4 aliphatic rings. The molecule has 4 fully saturated rings. The van der Waals surface area contributed by atoms with Gasteiger partial charge in [0.2, 0.25) is 0 Å². The van der Waals surface area contributed by atoms with Gasteiger partial charge in [-0.15, -0.1) is 0 Å². The number of nitrogens with zero attached hydrogens (tertiary/aromatic N) is 9. The molecule has 37 heteroatoms. The predicted octanol–water partition coefficient (Wildman–Crippen LogP) is 9.96. The molecule has 8 amide bonds. The van der Waals surface area contributed by atoms with Crippen LogP contribution in [0.3, 0.4) is 0 Å². The number of anilines is 4. The Morgan fingerprint density at radius 1 is 0.291 bits per heavy atom. The van der Waals surface area contributed by atoms with Crippen LogP contribution < -0.4 is 64.6 Å². The lowest BCUT2D eigenvalue weighted by molar-refractivity contribution is -0.385. The van der Waals surface area contributed by atoms with Gasteiger partial charge in [-0.05, 0) is 206 Å². The van der Waals surface area contributed by atoms with E-state index in [1.165, 1.54) is 25.7 Å². The number of methoxy groups -OCH3 is 1. The van der Waals surface area contributed by atoms with Crippen LogP contribution in [0.2, 0.25) is 0 Å². The van der Waals surface area contributed by atoms with Crippen molar-refractivity contribution in [1.82, 2.24) is 40.9 Å². The van der Waals surface area contributed by atoms with Crippen molar-refractivity contribution in [2.45, 2.75) is 88.9 Å². The summed E-state index contributed by atoms with van der Waals surface area (Å²) in [6, 6.07) is 94.3. The fraction of sp³-hybridized carbons (Fsp3) is 0.279. The van der Waals surface area contributed by atoms with Crippen molar-refractivity contribution in [3.63, 3.8) is 0 Å². The zero-order valence-corrected chi connectivity index (χ0v) is 83.4. The highest BCUT2D eigenvalue weighted by Crippen LogP contribution is 2.32. The van der Waals surface area contributed by atoms with E-state index in [0.717, 1.165) is 61.0 Å². The van der Waals surface area contributed by atoms with Gasteiger partial charge in [-0.25, -0.2) is 0 Å². The molecule has 12 aromatic rings. The van der Waals surface area contributed by atoms with Crippen LogP contribution in [0, 0.1) is 24.0 Å². The van der Waals surface area contributed by atoms with Crippen molar-refractivity contribution in [3.05, 3.63) is 357 Å². The van der Waals surface area contributed by atoms with Crippen LogP contribution in [-0.2, 0) is 64.5 Å². The van der Waals surface area contributed by atoms with Crippen LogP contribution in [-0.4, -0.2) is 273 Å². The summed E-state index contributed by atoms with van der Waals surface area (Å²) in [7, 11) is 1.60. The van der Waals surface area contributed by atoms with E-state index in [2.05, 4.69) is 56.8 Å². The average molecular weight is 2080 g/mol. The quantitative estimate of drug-likeness (QED) is 0.0132. The summed E-state index contributed by atoms with van der Waals surface area (Å²) in [6.45, 7) is 12.0. The van der Waals surface area contributed by atoms with Gasteiger partial charge < -0.3 is 125 Å². The summed E-state index contributed by atoms with van der Waals surface area (Å²) < 4.78 is 29.1. The van der Waals surface area contributed by atoms with Crippen molar-refractivity contribution in [2.75, 3.05) is 131 Å². The SMILES string of the molecule is COc1ccc(Oc2ccc(CNC(=O)[C@H](O)[C@@H](O)C(=O)N3CCN(c4ccccc4)CC3)cc2)cc1.Cc1ccc(Oc2ccc(CNC(=O)[C@H](O)[C@@H](O)C(=O)N3CCN(c4ccccc4)CC3)cc2)cc1.Cc1ccc(Oc2ccc(CNC(=O)[C@H](O)[C@@H](O)C(=O)N3CCN(c4ccccc4)CC3)cc2)cc1[N+](=O)[O-].O=C(NCc1ccc(Oc2ccc(Br)cc2)cc1)[C@H](O)[C@@H](O)C(=O)N1CCN(c2ccccc2)CC1. The Hall–Kier alpha value is -15.8. The Morgan fingerprint density at radius 3 is 0.736 bits per heavy atom. The first-order valence-corrected chi connectivity index (χ1v) is 49.0. The van der Waals surface area contributed by atoms with Crippen molar-refractivity contribution in [2.24, 2.45) is 0 Å². The lowest BCUT2D eigenvalue weighted by Crippen LogP contribution is -2.55. The zero-order chi connectivity index (χ0) is 105. The third-order valence-corrected chi connectivity index (χ3v) is 25.4. The molecular formula is C111H120BrN13O23. The number of rotatable bonds is 34. The first kappa shape index (κ1) is 109. The van der Waals surface area contributed by atoms with Crippen molar-refractivity contribution >= 4 is 91.6 Å². The Labute approximate surface area is 864 Å². The third kappa shape index (κ3) is 31.8. The fourth-order valence-electron chi connectivity index (χ4n) is 16.2. The molecule has 148 heavy (non-hydrogen) atoms. The zero-order valence-electron chi connectivity index (χ0n) is 81.8. The van der Waals surface area contributed by atoms with Gasteiger partial charge in [0.25, 0.3) is 52.9 Å². The second-order valence-electron chi connectivity index (χ2n) is 35.2. The number of hydrogen-bond donors (Lipinski definition) is 12. The van der Waals surface area contributed by atoms with Crippen molar-refractivity contribution in [1.29, 1.82) is 0 Å². The van der Waals surface area contributed by atoms with E-state index in [-0.39, 0.29) is 31.9 Å². The van der Waals surface area contributed by atoms with Crippen LogP contribution in [0.15, 0.2) is 314 Å². The number of aryl methyl sites for hydroxylation is 2. The van der Waals surface area contributed by atoms with Crippen LogP contribution >= 0.6 is 15.9 Å². The summed E-state index contributed by atoms with van der Waals surface area (Å²) in [5, 5.41) is 104. The molecule has 4 aliphatic heterocycles. The molecular weight excluding hydrogens is 1960 g/mol. The highest BCUT2D eigenvalue weighted by atomic mass is 79.9. The number of halogens is 1.